The number of nitrogens with one attached hydrogen (secondary N) is 2. The van der Waals surface area contributed by atoms with Crippen LogP contribution in [0.1, 0.15) is 117 Å². The van der Waals surface area contributed by atoms with Crippen molar-refractivity contribution in [3.8, 4) is 11.1 Å². The Kier molecular flexibility index (Phi) is 11.4. The predicted molar refractivity (Wildman–Crippen MR) is 287 cm³/mol. The van der Waals surface area contributed by atoms with Crippen molar-refractivity contribution < 1.29 is 0 Å². The van der Waals surface area contributed by atoms with E-state index in [-0.39, 0.29) is 30.2 Å². The fourth-order valence-electron chi connectivity index (χ4n) is 13.1. The van der Waals surface area contributed by atoms with Gasteiger partial charge in [0.05, 0.1) is 11.3 Å². The van der Waals surface area contributed by atoms with E-state index in [2.05, 4.69) is 185 Å². The van der Waals surface area contributed by atoms with Gasteiger partial charge in [-0.15, -0.1) is 11.8 Å². The molecule has 13 rings (SSSR count). The van der Waals surface area contributed by atoms with Crippen LogP contribution in [-0.2, 0) is 0 Å². The van der Waals surface area contributed by atoms with Gasteiger partial charge >= 0.3 is 0 Å². The van der Waals surface area contributed by atoms with E-state index < -0.39 is 0 Å². The van der Waals surface area contributed by atoms with Crippen LogP contribution in [-0.4, -0.2) is 40.2 Å². The smallest absolute Gasteiger partial charge is 0.125 e. The van der Waals surface area contributed by atoms with Gasteiger partial charge in [0.1, 0.15) is 18.2 Å². The molecule has 1 saturated heterocycles. The van der Waals surface area contributed by atoms with E-state index in [1.165, 1.54) is 84.9 Å². The molecule has 1 fully saturated rings. The Bertz CT molecular complexity index is 3030. The van der Waals surface area contributed by atoms with Crippen molar-refractivity contribution in [2.45, 2.75) is 118 Å². The molecule has 0 bridgehead atoms. The first-order chi connectivity index (χ1) is 33.7. The Balaban J connectivity index is 0.929. The summed E-state index contributed by atoms with van der Waals surface area (Å²) in [7, 11) is 0. The second kappa shape index (κ2) is 18.3. The first-order valence-corrected chi connectivity index (χ1v) is 27.0. The lowest BCUT2D eigenvalue weighted by Gasteiger charge is -2.42. The number of benzene rings is 2. The molecule has 6 heteroatoms. The highest BCUT2D eigenvalue weighted by atomic mass is 32.2. The molecule has 342 valence electrons. The van der Waals surface area contributed by atoms with Gasteiger partial charge in [0.15, 0.2) is 0 Å². The summed E-state index contributed by atoms with van der Waals surface area (Å²) in [5.41, 5.74) is 15.2. The molecule has 68 heavy (non-hydrogen) atoms. The third kappa shape index (κ3) is 7.67. The van der Waals surface area contributed by atoms with E-state index >= 15 is 0 Å². The number of allylic oxidation sites excluding steroid dienone is 15. The van der Waals surface area contributed by atoms with E-state index in [1.807, 2.05) is 0 Å². The van der Waals surface area contributed by atoms with Crippen molar-refractivity contribution in [3.05, 3.63) is 183 Å². The number of hydrogen-bond donors (Lipinski definition) is 2. The lowest BCUT2D eigenvalue weighted by molar-refractivity contribution is 0.405. The number of rotatable bonds is 8. The molecule has 0 radical (unpaired) electrons. The summed E-state index contributed by atoms with van der Waals surface area (Å²) in [4.78, 5) is 11.7. The molecule has 9 atom stereocenters. The second-order valence-corrected chi connectivity index (χ2v) is 21.7. The first kappa shape index (κ1) is 42.4. The molecular formula is C62H63N5S. The van der Waals surface area contributed by atoms with Gasteiger partial charge in [-0.1, -0.05) is 140 Å². The zero-order valence-electron chi connectivity index (χ0n) is 39.1. The Morgan fingerprint density at radius 2 is 1.59 bits per heavy atom. The molecule has 0 saturated carbocycles. The van der Waals surface area contributed by atoms with Crippen molar-refractivity contribution in [3.63, 3.8) is 0 Å². The van der Waals surface area contributed by atoms with Gasteiger partial charge in [0.2, 0.25) is 0 Å². The topological polar surface area (TPSA) is 53.7 Å². The zero-order valence-corrected chi connectivity index (χ0v) is 40.0. The average Bonchev–Trinajstić information content (AvgIpc) is 3.98. The fourth-order valence-corrected chi connectivity index (χ4v) is 15.0. The van der Waals surface area contributed by atoms with E-state index in [0.717, 1.165) is 76.5 Å². The first-order valence-electron chi connectivity index (χ1n) is 26.0. The van der Waals surface area contributed by atoms with E-state index in [9.17, 15) is 0 Å². The molecule has 10 aliphatic rings. The molecule has 2 N–H and O–H groups in total. The Morgan fingerprint density at radius 1 is 0.706 bits per heavy atom. The number of fused-ring (bicyclic) bond motifs is 7. The van der Waals surface area contributed by atoms with Crippen molar-refractivity contribution >= 4 is 53.3 Å². The molecular weight excluding hydrogens is 847 g/mol. The minimum Gasteiger partial charge on any atom is -0.354 e. The molecule has 3 aliphatic heterocycles. The van der Waals surface area contributed by atoms with E-state index in [4.69, 9.17) is 9.98 Å². The molecule has 1 aromatic heterocycles. The van der Waals surface area contributed by atoms with E-state index in [1.54, 1.807) is 0 Å². The molecule has 0 amide bonds. The van der Waals surface area contributed by atoms with Crippen LogP contribution in [0.5, 0.6) is 0 Å². The lowest BCUT2D eigenvalue weighted by Crippen LogP contribution is -2.58. The maximum Gasteiger partial charge on any atom is 0.125 e. The minimum absolute atomic E-state index is 0.0103. The van der Waals surface area contributed by atoms with Crippen LogP contribution in [0.2, 0.25) is 0 Å². The fraction of sp³-hybridized carbons (Fsp3) is 0.355. The lowest BCUT2D eigenvalue weighted by atomic mass is 9.72. The monoisotopic (exact) mass is 909 g/mol. The molecule has 5 nitrogen and oxygen atoms in total. The Hall–Kier alpha value is -5.69. The van der Waals surface area contributed by atoms with Gasteiger partial charge in [-0.05, 0) is 140 Å². The number of nitrogens with zero attached hydrogens (tertiary/aromatic N) is 3. The molecule has 7 aliphatic carbocycles. The summed E-state index contributed by atoms with van der Waals surface area (Å²) in [6, 6.07) is 18.1. The highest BCUT2D eigenvalue weighted by Gasteiger charge is 2.51. The van der Waals surface area contributed by atoms with Crippen molar-refractivity contribution in [2.24, 2.45) is 27.7 Å². The average molecular weight is 910 g/mol. The van der Waals surface area contributed by atoms with Gasteiger partial charge in [-0.3, -0.25) is 10.3 Å². The highest BCUT2D eigenvalue weighted by molar-refractivity contribution is 8.00. The van der Waals surface area contributed by atoms with Crippen molar-refractivity contribution in [2.75, 3.05) is 0 Å². The molecule has 9 unspecified atom stereocenters. The van der Waals surface area contributed by atoms with Crippen LogP contribution in [0.15, 0.2) is 160 Å². The summed E-state index contributed by atoms with van der Waals surface area (Å²) in [5, 5.41) is 11.6. The molecule has 4 heterocycles. The van der Waals surface area contributed by atoms with Crippen molar-refractivity contribution in [1.29, 1.82) is 0 Å². The number of hydrogen-bond acceptors (Lipinski definition) is 5. The number of amidine groups is 1. The van der Waals surface area contributed by atoms with Crippen LogP contribution < -0.4 is 21.2 Å². The third-order valence-electron chi connectivity index (χ3n) is 16.4. The summed E-state index contributed by atoms with van der Waals surface area (Å²) in [6.07, 6.45) is 58.0. The number of aromatic nitrogens is 1. The zero-order chi connectivity index (χ0) is 45.0. The number of aliphatic imine (C=N–C) groups is 2. The van der Waals surface area contributed by atoms with Crippen LogP contribution in [0.3, 0.4) is 0 Å². The third-order valence-corrected chi connectivity index (χ3v) is 18.1. The normalized spacial score (nSPS) is 31.0. The maximum absolute atomic E-state index is 5.89. The van der Waals surface area contributed by atoms with Crippen LogP contribution in [0.4, 0.5) is 0 Å². The summed E-state index contributed by atoms with van der Waals surface area (Å²) < 4.78 is 2.67. The Morgan fingerprint density at radius 3 is 2.43 bits per heavy atom. The van der Waals surface area contributed by atoms with Gasteiger partial charge in [0.25, 0.3) is 0 Å². The van der Waals surface area contributed by atoms with Crippen LogP contribution in [0.25, 0.3) is 40.6 Å². The molecule has 0 spiro atoms. The maximum atomic E-state index is 5.89. The van der Waals surface area contributed by atoms with Gasteiger partial charge in [0, 0.05) is 62.7 Å². The highest BCUT2D eigenvalue weighted by Crippen LogP contribution is 2.60. The molecule has 3 aromatic rings. The minimum atomic E-state index is -0.0511. The quantitative estimate of drug-likeness (QED) is 0.221. The summed E-state index contributed by atoms with van der Waals surface area (Å²) >= 11 is 2.22. The van der Waals surface area contributed by atoms with Gasteiger partial charge in [-0.25, -0.2) is 4.99 Å². The second-order valence-electron chi connectivity index (χ2n) is 20.5. The van der Waals surface area contributed by atoms with Crippen molar-refractivity contribution in [1.82, 2.24) is 15.2 Å². The van der Waals surface area contributed by atoms with E-state index in [0.29, 0.717) is 22.3 Å². The standard InChI is InChI=1S/C62H63N5S/c1-6-19-40(20-7-1)44-33-34-47(41-21-8-2-9-22-41)53(37-44)45-38-54(62-65-60(42-23-10-3-11-24-42)64-61(66-62)43-25-12-4-13-26-43)56(63-39-45)52-31-18-30-50-51-36-35-49-48-29-16-17-32-55(48)67(46-27-14-5-15-28-46)57(49)59(51)68-58(50)52/h1-2,6-8,10,14,18-21,23-25,27-37,39,45,50-51,54,56,58-61,64H,3-5,9,11-13,15-17,22,26,38H2,(H,65,66). The predicted octanol–water partition coefficient (Wildman–Crippen LogP) is 12.6. The SMILES string of the molecule is C1=CCCC(c2ccc(-c3ccccc3)cc2C2C=NC(C3=CC=CC4C3SC3c5c(c6c(n5C5=CCCC=C5)=CCCC=6)C=CC34)C(C3=NC(C4=CCCCC4)NC(C4=CCCC=C4)N3)C2)=C1. The summed E-state index contributed by atoms with van der Waals surface area (Å²) in [5.74, 6) is 2.11. The molecule has 2 aromatic carbocycles. The summed E-state index contributed by atoms with van der Waals surface area (Å²) in [6.45, 7) is 0. The largest absolute Gasteiger partial charge is 0.354 e. The van der Waals surface area contributed by atoms with Gasteiger partial charge < -0.3 is 9.88 Å². The Labute approximate surface area is 406 Å². The van der Waals surface area contributed by atoms with Crippen LogP contribution >= 0.6 is 11.8 Å². The van der Waals surface area contributed by atoms with Crippen LogP contribution in [0, 0.1) is 17.8 Å². The van der Waals surface area contributed by atoms with Gasteiger partial charge in [-0.2, -0.15) is 0 Å². The number of thioether (sulfide) groups is 1.